The number of carbonyl (C=O) groups is 2. The summed E-state index contributed by atoms with van der Waals surface area (Å²) >= 11 is 0. The third-order valence-corrected chi connectivity index (χ3v) is 15.4. The molecule has 1 rings (SSSR count). The fraction of sp³-hybridized carbons (Fsp3) is 0.783. The van der Waals surface area contributed by atoms with Crippen LogP contribution in [0.15, 0.2) is 48.1 Å². The summed E-state index contributed by atoms with van der Waals surface area (Å²) in [7, 11) is -1.92. The summed E-state index contributed by atoms with van der Waals surface area (Å²) in [5, 5.41) is 0.145. The molecule has 0 N–H and O–H groups in total. The smallest absolute Gasteiger partial charge is 0.305 e. The zero-order chi connectivity index (χ0) is 37.6. The molecular formula is C46H82O4Si. The molecule has 0 bridgehead atoms. The number of hydrogen-bond acceptors (Lipinski definition) is 4. The standard InChI is InChI=1S/C46H82O4Si/c1-8-10-12-13-14-15-16-17-18-19-20-21-22-23-24-25-28-32-40-49-45(48)35-31-27-26-30-33-41-36-39-44(47)43(41)38-37-42(34-29-11-9-2)50-51(6,7)46(3,4)5/h11,26,29-30,36,38-39,41-42H,8-10,12-25,27-28,31-35,37,40H2,1-7H3/b29-11-,30-26-,43-38+/t41-,42-/m0/s1. The van der Waals surface area contributed by atoms with Gasteiger partial charge >= 0.3 is 5.97 Å². The zero-order valence-electron chi connectivity index (χ0n) is 34.7. The molecule has 0 fully saturated rings. The third kappa shape index (κ3) is 24.3. The Morgan fingerprint density at radius 1 is 0.745 bits per heavy atom. The van der Waals surface area contributed by atoms with E-state index in [1.165, 1.54) is 103 Å². The number of unbranched alkanes of at least 4 members (excludes halogenated alkanes) is 18. The first-order chi connectivity index (χ1) is 24.5. The van der Waals surface area contributed by atoms with Crippen molar-refractivity contribution >= 4 is 20.1 Å². The lowest BCUT2D eigenvalue weighted by Crippen LogP contribution is -2.43. The van der Waals surface area contributed by atoms with Crippen LogP contribution in [0, 0.1) is 5.92 Å². The maximum atomic E-state index is 12.7. The Bertz CT molecular complexity index is 1010. The number of carbonyl (C=O) groups excluding carboxylic acids is 2. The first kappa shape index (κ1) is 47.3. The van der Waals surface area contributed by atoms with E-state index in [9.17, 15) is 9.59 Å². The van der Waals surface area contributed by atoms with Crippen molar-refractivity contribution in [2.24, 2.45) is 5.92 Å². The molecule has 0 radical (unpaired) electrons. The second kappa shape index (κ2) is 29.7. The molecule has 51 heavy (non-hydrogen) atoms. The van der Waals surface area contributed by atoms with E-state index < -0.39 is 8.32 Å². The van der Waals surface area contributed by atoms with E-state index in [1.807, 2.05) is 6.08 Å². The quantitative estimate of drug-likeness (QED) is 0.0228. The van der Waals surface area contributed by atoms with Crippen molar-refractivity contribution in [1.29, 1.82) is 0 Å². The molecule has 0 spiro atoms. The minimum absolute atomic E-state index is 0.0758. The monoisotopic (exact) mass is 727 g/mol. The molecule has 0 saturated heterocycles. The highest BCUT2D eigenvalue weighted by atomic mass is 28.4. The molecule has 0 amide bonds. The molecule has 5 heteroatoms. The Labute approximate surface area is 317 Å². The van der Waals surface area contributed by atoms with E-state index in [-0.39, 0.29) is 28.8 Å². The molecule has 4 nitrogen and oxygen atoms in total. The number of esters is 1. The van der Waals surface area contributed by atoms with Crippen molar-refractivity contribution in [2.75, 3.05) is 6.61 Å². The Morgan fingerprint density at radius 2 is 1.29 bits per heavy atom. The molecule has 0 aromatic heterocycles. The van der Waals surface area contributed by atoms with Gasteiger partial charge in [-0.25, -0.2) is 0 Å². The van der Waals surface area contributed by atoms with Crippen molar-refractivity contribution < 1.29 is 18.8 Å². The third-order valence-electron chi connectivity index (χ3n) is 10.9. The van der Waals surface area contributed by atoms with Crippen LogP contribution in [0.3, 0.4) is 0 Å². The maximum absolute atomic E-state index is 12.7. The fourth-order valence-electron chi connectivity index (χ4n) is 6.49. The number of rotatable bonds is 32. The van der Waals surface area contributed by atoms with E-state index in [2.05, 4.69) is 78.1 Å². The van der Waals surface area contributed by atoms with Crippen LogP contribution in [0.25, 0.3) is 0 Å². The normalized spacial score (nSPS) is 16.7. The molecule has 0 unspecified atom stereocenters. The van der Waals surface area contributed by atoms with Crippen molar-refractivity contribution in [1.82, 2.24) is 0 Å². The number of ketones is 1. The van der Waals surface area contributed by atoms with Crippen molar-refractivity contribution in [2.45, 2.75) is 219 Å². The van der Waals surface area contributed by atoms with Gasteiger partial charge in [0.25, 0.3) is 0 Å². The van der Waals surface area contributed by atoms with Crippen LogP contribution < -0.4 is 0 Å². The van der Waals surface area contributed by atoms with Gasteiger partial charge in [-0.1, -0.05) is 180 Å². The summed E-state index contributed by atoms with van der Waals surface area (Å²) in [5.74, 6) is 0.169. The summed E-state index contributed by atoms with van der Waals surface area (Å²) in [4.78, 5) is 24.9. The molecule has 1 aliphatic rings. The molecule has 0 saturated carbocycles. The lowest BCUT2D eigenvalue weighted by molar-refractivity contribution is -0.143. The van der Waals surface area contributed by atoms with Crippen LogP contribution in [0.1, 0.15) is 195 Å². The zero-order valence-corrected chi connectivity index (χ0v) is 35.7. The van der Waals surface area contributed by atoms with Crippen LogP contribution in [-0.2, 0) is 18.8 Å². The summed E-state index contributed by atoms with van der Waals surface area (Å²) in [5.41, 5.74) is 0.895. The van der Waals surface area contributed by atoms with Crippen molar-refractivity contribution in [3.05, 3.63) is 48.1 Å². The Hall–Kier alpha value is -1.72. The van der Waals surface area contributed by atoms with Gasteiger partial charge in [-0.2, -0.15) is 0 Å². The Balaban J connectivity index is 2.13. The average Bonchev–Trinajstić information content (AvgIpc) is 3.43. The molecule has 0 aromatic rings. The molecule has 2 atom stereocenters. The van der Waals surface area contributed by atoms with Crippen LogP contribution in [-0.4, -0.2) is 32.8 Å². The molecule has 0 heterocycles. The topological polar surface area (TPSA) is 52.6 Å². The van der Waals surface area contributed by atoms with Gasteiger partial charge in [-0.3, -0.25) is 9.59 Å². The maximum Gasteiger partial charge on any atom is 0.305 e. The van der Waals surface area contributed by atoms with Gasteiger partial charge in [0.15, 0.2) is 14.1 Å². The van der Waals surface area contributed by atoms with Crippen LogP contribution in [0.5, 0.6) is 0 Å². The van der Waals surface area contributed by atoms with Crippen LogP contribution >= 0.6 is 0 Å². The molecular weight excluding hydrogens is 645 g/mol. The van der Waals surface area contributed by atoms with E-state index in [1.54, 1.807) is 6.08 Å². The largest absolute Gasteiger partial charge is 0.466 e. The summed E-state index contributed by atoms with van der Waals surface area (Å²) in [6.45, 7) is 16.4. The molecule has 0 aromatic carbocycles. The lowest BCUT2D eigenvalue weighted by atomic mass is 9.96. The average molecular weight is 727 g/mol. The summed E-state index contributed by atoms with van der Waals surface area (Å²) in [6, 6.07) is 0. The summed E-state index contributed by atoms with van der Waals surface area (Å²) in [6.07, 6.45) is 44.8. The highest BCUT2D eigenvalue weighted by Crippen LogP contribution is 2.38. The fourth-order valence-corrected chi connectivity index (χ4v) is 7.87. The van der Waals surface area contributed by atoms with Gasteiger partial charge in [-0.15, -0.1) is 0 Å². The van der Waals surface area contributed by atoms with Gasteiger partial charge < -0.3 is 9.16 Å². The Morgan fingerprint density at radius 3 is 1.82 bits per heavy atom. The van der Waals surface area contributed by atoms with Crippen LogP contribution in [0.4, 0.5) is 0 Å². The van der Waals surface area contributed by atoms with E-state index in [0.29, 0.717) is 13.0 Å². The number of ether oxygens (including phenoxy) is 1. The van der Waals surface area contributed by atoms with Crippen molar-refractivity contribution in [3.63, 3.8) is 0 Å². The lowest BCUT2D eigenvalue weighted by Gasteiger charge is -2.39. The van der Waals surface area contributed by atoms with Gasteiger partial charge in [0.05, 0.1) is 12.7 Å². The van der Waals surface area contributed by atoms with Crippen LogP contribution in [0.2, 0.25) is 18.1 Å². The first-order valence-electron chi connectivity index (χ1n) is 21.6. The summed E-state index contributed by atoms with van der Waals surface area (Å²) < 4.78 is 12.2. The minimum atomic E-state index is -1.92. The minimum Gasteiger partial charge on any atom is -0.466 e. The predicted octanol–water partition coefficient (Wildman–Crippen LogP) is 14.5. The second-order valence-electron chi connectivity index (χ2n) is 16.7. The highest BCUT2D eigenvalue weighted by Gasteiger charge is 2.39. The molecule has 1 aliphatic carbocycles. The van der Waals surface area contributed by atoms with Crippen molar-refractivity contribution in [3.8, 4) is 0 Å². The van der Waals surface area contributed by atoms with E-state index in [4.69, 9.17) is 9.16 Å². The van der Waals surface area contributed by atoms with Gasteiger partial charge in [-0.05, 0) is 69.2 Å². The predicted molar refractivity (Wildman–Crippen MR) is 224 cm³/mol. The van der Waals surface area contributed by atoms with E-state index >= 15 is 0 Å². The SMILES string of the molecule is CC/C=C\C[C@@H](C/C=C1/C(=O)C=C[C@@H]1C/C=C\CCCC(=O)OCCCCCCCCCCCCCCCCCCCC)O[Si](C)(C)C(C)(C)C. The highest BCUT2D eigenvalue weighted by molar-refractivity contribution is 6.74. The van der Waals surface area contributed by atoms with Gasteiger partial charge in [0.1, 0.15) is 0 Å². The molecule has 294 valence electrons. The van der Waals surface area contributed by atoms with E-state index in [0.717, 1.165) is 56.9 Å². The number of allylic oxidation sites excluding steroid dienone is 6. The first-order valence-corrected chi connectivity index (χ1v) is 24.5. The van der Waals surface area contributed by atoms with Gasteiger partial charge in [0, 0.05) is 17.9 Å². The second-order valence-corrected chi connectivity index (χ2v) is 21.4. The van der Waals surface area contributed by atoms with Gasteiger partial charge in [0.2, 0.25) is 0 Å². The Kier molecular flexibility index (Phi) is 27.5. The number of hydrogen-bond donors (Lipinski definition) is 0. The molecule has 0 aliphatic heterocycles.